The quantitative estimate of drug-likeness (QED) is 0.0413. The third-order valence-corrected chi connectivity index (χ3v) is 11.2. The van der Waals surface area contributed by atoms with Gasteiger partial charge >= 0.3 is 0 Å². The first kappa shape index (κ1) is 45.3. The molecule has 0 heterocycles. The van der Waals surface area contributed by atoms with Crippen LogP contribution in [0.4, 0.5) is 11.4 Å². The number of aliphatic hydroxyl groups excluding tert-OH is 6. The van der Waals surface area contributed by atoms with E-state index in [0.29, 0.717) is 55.5 Å². The zero-order chi connectivity index (χ0) is 45.5. The molecule has 0 aliphatic heterocycles. The monoisotopic (exact) mass is 848 g/mol. The van der Waals surface area contributed by atoms with E-state index in [1.807, 2.05) is 27.7 Å². The van der Waals surface area contributed by atoms with Gasteiger partial charge in [0.2, 0.25) is 0 Å². The van der Waals surface area contributed by atoms with Crippen molar-refractivity contribution in [2.75, 3.05) is 13.2 Å². The summed E-state index contributed by atoms with van der Waals surface area (Å²) in [4.78, 5) is 8.97. The highest BCUT2D eigenvalue weighted by atomic mass is 16.4. The SMILES string of the molecule is Cc1cc2c(C(C)C)c(O)c(O)c(C=Nc3ccc([C@H](O)[C@H](O)CO)cc3)c2c(O)c1-c1c(C)cc2c(C(C)C)c(O)c(O)c(C=Nc3ccc([C@H](O)[C@H](O)CO)cc3)c2c1O. The van der Waals surface area contributed by atoms with Crippen LogP contribution in [-0.2, 0) is 0 Å². The molecule has 4 atom stereocenters. The lowest BCUT2D eigenvalue weighted by Crippen LogP contribution is -2.21. The van der Waals surface area contributed by atoms with Gasteiger partial charge in [0.25, 0.3) is 0 Å². The highest BCUT2D eigenvalue weighted by Gasteiger charge is 2.30. The Hall–Kier alpha value is -6.26. The van der Waals surface area contributed by atoms with E-state index in [-0.39, 0.29) is 56.4 Å². The molecule has 0 aliphatic rings. The van der Waals surface area contributed by atoms with E-state index in [0.717, 1.165) is 0 Å². The topological polar surface area (TPSA) is 267 Å². The van der Waals surface area contributed by atoms with Crippen LogP contribution < -0.4 is 0 Å². The number of aliphatic hydroxyl groups is 6. The van der Waals surface area contributed by atoms with E-state index in [1.165, 1.54) is 61.0 Å². The molecule has 0 saturated heterocycles. The van der Waals surface area contributed by atoms with Crippen molar-refractivity contribution in [3.8, 4) is 45.6 Å². The van der Waals surface area contributed by atoms with Gasteiger partial charge in [-0.05, 0) is 83.0 Å². The second-order valence-corrected chi connectivity index (χ2v) is 16.1. The summed E-state index contributed by atoms with van der Waals surface area (Å²) in [6, 6.07) is 15.6. The average molecular weight is 849 g/mol. The van der Waals surface area contributed by atoms with Crippen LogP contribution in [0.1, 0.15) is 96.2 Å². The number of phenols is 6. The molecule has 0 amide bonds. The summed E-state index contributed by atoms with van der Waals surface area (Å²) in [5.41, 5.74) is 3.28. The standard InChI is InChI=1S/C48H52N2O12/c1-21(2)35-29-15-23(5)37(45(59)39(29)31(43(57)47(35)61)17-49-27-11-7-25(8-12-27)41(55)33(53)19-51)38-24(6)16-30-36(22(3)4)48(62)44(58)32(40(30)46(38)60)18-50-28-13-9-26(10-14-28)42(56)34(54)20-52/h7-18,21-22,33-34,41-42,51-62H,19-20H2,1-6H3/t33-,34-,41+,42+/m1/s1. The third-order valence-electron chi connectivity index (χ3n) is 11.2. The summed E-state index contributed by atoms with van der Waals surface area (Å²) in [5.74, 6) is -3.30. The highest BCUT2D eigenvalue weighted by Crippen LogP contribution is 2.54. The fourth-order valence-electron chi connectivity index (χ4n) is 8.06. The van der Waals surface area contributed by atoms with Gasteiger partial charge in [-0.25, -0.2) is 0 Å². The molecule has 14 nitrogen and oxygen atoms in total. The summed E-state index contributed by atoms with van der Waals surface area (Å²) in [5, 5.41) is 131. The van der Waals surface area contributed by atoms with Gasteiger partial charge in [-0.2, -0.15) is 0 Å². The van der Waals surface area contributed by atoms with Crippen molar-refractivity contribution >= 4 is 45.3 Å². The molecular weight excluding hydrogens is 797 g/mol. The number of rotatable bonds is 13. The molecule has 6 rings (SSSR count). The second kappa shape index (κ2) is 18.0. The zero-order valence-electron chi connectivity index (χ0n) is 35.1. The van der Waals surface area contributed by atoms with Gasteiger partial charge in [-0.1, -0.05) is 64.1 Å². The van der Waals surface area contributed by atoms with Gasteiger partial charge in [-0.3, -0.25) is 9.98 Å². The first-order valence-corrected chi connectivity index (χ1v) is 20.0. The lowest BCUT2D eigenvalue weighted by atomic mass is 9.83. The molecule has 62 heavy (non-hydrogen) atoms. The van der Waals surface area contributed by atoms with Gasteiger partial charge in [0.15, 0.2) is 23.0 Å². The number of hydrogen-bond donors (Lipinski definition) is 12. The Morgan fingerprint density at radius 1 is 0.484 bits per heavy atom. The summed E-state index contributed by atoms with van der Waals surface area (Å²) in [6.45, 7) is 9.44. The molecule has 0 saturated carbocycles. The Morgan fingerprint density at radius 2 is 0.806 bits per heavy atom. The average Bonchev–Trinajstić information content (AvgIpc) is 3.24. The van der Waals surface area contributed by atoms with Gasteiger partial charge < -0.3 is 61.3 Å². The van der Waals surface area contributed by atoms with Gasteiger partial charge in [0, 0.05) is 45.5 Å². The number of benzene rings is 6. The van der Waals surface area contributed by atoms with Crippen LogP contribution in [0.5, 0.6) is 34.5 Å². The number of fused-ring (bicyclic) bond motifs is 2. The van der Waals surface area contributed by atoms with E-state index in [1.54, 1.807) is 26.0 Å². The molecule has 12 N–H and O–H groups in total. The lowest BCUT2D eigenvalue weighted by molar-refractivity contribution is -0.0152. The molecule has 14 heteroatoms. The molecule has 0 aliphatic carbocycles. The molecule has 0 spiro atoms. The normalized spacial score (nSPS) is 14.2. The Balaban J connectivity index is 1.60. The first-order chi connectivity index (χ1) is 29.3. The van der Waals surface area contributed by atoms with Crippen molar-refractivity contribution in [2.24, 2.45) is 9.98 Å². The van der Waals surface area contributed by atoms with Crippen LogP contribution >= 0.6 is 0 Å². The number of aromatic hydroxyl groups is 6. The van der Waals surface area contributed by atoms with E-state index in [4.69, 9.17) is 0 Å². The summed E-state index contributed by atoms with van der Waals surface area (Å²) < 4.78 is 0. The van der Waals surface area contributed by atoms with E-state index in [9.17, 15) is 61.3 Å². The van der Waals surface area contributed by atoms with Crippen LogP contribution in [0.15, 0.2) is 70.6 Å². The van der Waals surface area contributed by atoms with Crippen LogP contribution in [0.3, 0.4) is 0 Å². The Morgan fingerprint density at radius 3 is 1.10 bits per heavy atom. The molecule has 0 fully saturated rings. The number of aryl methyl sites for hydroxylation is 2. The van der Waals surface area contributed by atoms with Crippen molar-refractivity contribution in [1.29, 1.82) is 0 Å². The fourth-order valence-corrected chi connectivity index (χ4v) is 8.06. The van der Waals surface area contributed by atoms with Crippen LogP contribution in [0.2, 0.25) is 0 Å². The molecule has 0 aromatic heterocycles. The van der Waals surface area contributed by atoms with Crippen molar-refractivity contribution in [3.63, 3.8) is 0 Å². The second-order valence-electron chi connectivity index (χ2n) is 16.1. The highest BCUT2D eigenvalue weighted by molar-refractivity contribution is 6.15. The maximum atomic E-state index is 12.5. The summed E-state index contributed by atoms with van der Waals surface area (Å²) in [7, 11) is 0. The predicted octanol–water partition coefficient (Wildman–Crippen LogP) is 7.03. The largest absolute Gasteiger partial charge is 0.507 e. The summed E-state index contributed by atoms with van der Waals surface area (Å²) in [6.07, 6.45) is -2.93. The molecule has 6 aromatic rings. The fraction of sp³-hybridized carbons (Fsp3) is 0.292. The van der Waals surface area contributed by atoms with E-state index >= 15 is 0 Å². The molecule has 0 radical (unpaired) electrons. The van der Waals surface area contributed by atoms with Gasteiger partial charge in [0.1, 0.15) is 35.9 Å². The van der Waals surface area contributed by atoms with Crippen LogP contribution in [0, 0.1) is 13.8 Å². The van der Waals surface area contributed by atoms with Crippen molar-refractivity contribution in [2.45, 2.75) is 77.8 Å². The number of aliphatic imine (C=N–C) groups is 2. The Kier molecular flexibility index (Phi) is 13.1. The lowest BCUT2D eigenvalue weighted by Gasteiger charge is -2.23. The van der Waals surface area contributed by atoms with Crippen molar-refractivity contribution in [1.82, 2.24) is 0 Å². The van der Waals surface area contributed by atoms with Crippen molar-refractivity contribution < 1.29 is 61.3 Å². The minimum absolute atomic E-state index is 0.0414. The number of hydrogen-bond acceptors (Lipinski definition) is 14. The minimum atomic E-state index is -1.39. The molecule has 326 valence electrons. The first-order valence-electron chi connectivity index (χ1n) is 20.0. The Bertz CT molecular complexity index is 2520. The molecule has 0 unspecified atom stereocenters. The zero-order valence-corrected chi connectivity index (χ0v) is 35.1. The predicted molar refractivity (Wildman–Crippen MR) is 238 cm³/mol. The molecule has 6 aromatic carbocycles. The van der Waals surface area contributed by atoms with Gasteiger partial charge in [-0.15, -0.1) is 0 Å². The minimum Gasteiger partial charge on any atom is -0.507 e. The van der Waals surface area contributed by atoms with Crippen LogP contribution in [-0.4, -0.2) is 99.1 Å². The maximum Gasteiger partial charge on any atom is 0.167 e. The smallest absolute Gasteiger partial charge is 0.167 e. The maximum absolute atomic E-state index is 12.5. The Labute approximate surface area is 357 Å². The third kappa shape index (κ3) is 8.11. The van der Waals surface area contributed by atoms with Gasteiger partial charge in [0.05, 0.1) is 35.7 Å². The summed E-state index contributed by atoms with van der Waals surface area (Å²) >= 11 is 0. The van der Waals surface area contributed by atoms with E-state index in [2.05, 4.69) is 9.98 Å². The number of phenolic OH excluding ortho intramolecular Hbond substituents is 6. The van der Waals surface area contributed by atoms with Crippen LogP contribution in [0.25, 0.3) is 32.7 Å². The molecular formula is C48H52N2O12. The van der Waals surface area contributed by atoms with Crippen molar-refractivity contribution in [3.05, 3.63) is 105 Å². The van der Waals surface area contributed by atoms with E-state index < -0.39 is 60.6 Å². The number of nitrogens with zero attached hydrogens (tertiary/aromatic N) is 2. The molecule has 0 bridgehead atoms.